The van der Waals surface area contributed by atoms with Crippen LogP contribution in [0.4, 0.5) is 0 Å². The fourth-order valence-electron chi connectivity index (χ4n) is 4.80. The molecule has 0 atom stereocenters. The van der Waals surface area contributed by atoms with Crippen LogP contribution in [0, 0.1) is 19.0 Å². The number of thiazole rings is 1. The molecule has 0 aliphatic carbocycles. The summed E-state index contributed by atoms with van der Waals surface area (Å²) in [6.45, 7) is 7.48. The molecule has 0 saturated heterocycles. The Morgan fingerprint density at radius 1 is 0.953 bits per heavy atom. The molecule has 0 aliphatic heterocycles. The topological polar surface area (TPSA) is 51.8 Å². The average Bonchev–Trinajstić information content (AvgIpc) is 3.63. The van der Waals surface area contributed by atoms with E-state index in [2.05, 4.69) is 42.9 Å². The van der Waals surface area contributed by atoms with E-state index in [1.165, 1.54) is 6.20 Å². The normalized spacial score (nSPS) is 13.4. The smallest absolute Gasteiger partial charge is 0.122 e. The maximum Gasteiger partial charge on any atom is 0.122 e. The second-order valence-corrected chi connectivity index (χ2v) is 12.4. The number of aromatic nitrogens is 3. The van der Waals surface area contributed by atoms with E-state index < -0.39 is 12.7 Å². The molecule has 0 amide bonds. The van der Waals surface area contributed by atoms with Gasteiger partial charge in [-0.3, -0.25) is 0 Å². The van der Waals surface area contributed by atoms with Gasteiger partial charge in [-0.15, -0.1) is 65.4 Å². The zero-order chi connectivity index (χ0) is 32.9. The second-order valence-electron chi connectivity index (χ2n) is 11.4. The molecule has 219 valence electrons. The molecule has 4 heterocycles. The Morgan fingerprint density at radius 3 is 2.49 bits per heavy atom. The molecule has 4 nitrogen and oxygen atoms in total. The molecule has 0 saturated carbocycles. The first-order valence-electron chi connectivity index (χ1n) is 15.8. The van der Waals surface area contributed by atoms with Crippen LogP contribution in [0.5, 0.6) is 0 Å². The van der Waals surface area contributed by atoms with Gasteiger partial charge in [-0.25, -0.2) is 4.98 Å². The largest absolute Gasteiger partial charge is 0.501 e. The molecular weight excluding hydrogens is 727 g/mol. The van der Waals surface area contributed by atoms with Crippen LogP contribution in [0.2, 0.25) is 0 Å². The van der Waals surface area contributed by atoms with Crippen LogP contribution in [0.15, 0.2) is 89.6 Å². The predicted octanol–water partition coefficient (Wildman–Crippen LogP) is 10.3. The van der Waals surface area contributed by atoms with Crippen LogP contribution in [0.1, 0.15) is 62.1 Å². The van der Waals surface area contributed by atoms with E-state index in [0.29, 0.717) is 22.4 Å². The fraction of sp³-hybridized carbons (Fsp3) is 0.216. The SMILES string of the molecule is [2H]C([2H])([2H])c1cnc(-c2[c-]ccc3c2oc2ccc4nc(C(C)(C)C)sc4c23)cc1C([2H])(C)C.[Ir].[c-]1ccccc1-c1ccccn1. The zero-order valence-electron chi connectivity index (χ0n) is 28.6. The van der Waals surface area contributed by atoms with Crippen molar-refractivity contribution in [2.24, 2.45) is 0 Å². The monoisotopic (exact) mass is 764 g/mol. The summed E-state index contributed by atoms with van der Waals surface area (Å²) in [6.07, 6.45) is 3.15. The van der Waals surface area contributed by atoms with Crippen LogP contribution in [-0.4, -0.2) is 15.0 Å². The van der Waals surface area contributed by atoms with E-state index in [1.807, 2.05) is 66.7 Å². The maximum absolute atomic E-state index is 8.53. The van der Waals surface area contributed by atoms with Gasteiger partial charge < -0.3 is 14.4 Å². The summed E-state index contributed by atoms with van der Waals surface area (Å²) in [5.41, 5.74) is 5.98. The van der Waals surface area contributed by atoms with Gasteiger partial charge in [0, 0.05) is 48.8 Å². The van der Waals surface area contributed by atoms with Crippen molar-refractivity contribution in [1.29, 1.82) is 0 Å². The molecule has 1 radical (unpaired) electrons. The minimum Gasteiger partial charge on any atom is -0.501 e. The van der Waals surface area contributed by atoms with Gasteiger partial charge in [0.2, 0.25) is 0 Å². The van der Waals surface area contributed by atoms with Crippen molar-refractivity contribution < 1.29 is 30.0 Å². The molecule has 0 fully saturated rings. The molecule has 0 spiro atoms. The summed E-state index contributed by atoms with van der Waals surface area (Å²) >= 11 is 1.68. The van der Waals surface area contributed by atoms with E-state index >= 15 is 0 Å². The number of hydrogen-bond donors (Lipinski definition) is 0. The summed E-state index contributed by atoms with van der Waals surface area (Å²) in [6, 6.07) is 29.5. The van der Waals surface area contributed by atoms with Gasteiger partial charge in [-0.1, -0.05) is 63.8 Å². The maximum atomic E-state index is 8.53. The molecule has 43 heavy (non-hydrogen) atoms. The van der Waals surface area contributed by atoms with Gasteiger partial charge in [0.05, 0.1) is 20.8 Å². The van der Waals surface area contributed by atoms with Crippen molar-refractivity contribution in [3.8, 4) is 22.5 Å². The molecule has 3 aromatic carbocycles. The molecule has 0 aliphatic rings. The van der Waals surface area contributed by atoms with E-state index in [0.717, 1.165) is 42.8 Å². The van der Waals surface area contributed by atoms with Gasteiger partial charge in [0.1, 0.15) is 5.58 Å². The third-order valence-corrected chi connectivity index (χ3v) is 8.45. The number of benzene rings is 3. The Morgan fingerprint density at radius 2 is 1.79 bits per heavy atom. The third-order valence-electron chi connectivity index (χ3n) is 6.94. The van der Waals surface area contributed by atoms with Crippen LogP contribution in [0.3, 0.4) is 0 Å². The summed E-state index contributed by atoms with van der Waals surface area (Å²) < 4.78 is 39.5. The standard InChI is InChI=1S/C26H25N2OS.C11H8N.Ir/c1-14(2)18-12-20(27-13-15(18)3)16-8-7-9-17-22-21(29-23(16)17)11-10-19-24(22)30-25(28-19)26(4,5)6;1-2-6-10(7-3-1)11-8-4-5-9-12-11;/h7,9-14H,1-6H3;1-6,8-9H;/q2*-1;/i3D3,14D;;. The molecule has 0 bridgehead atoms. The number of fused-ring (bicyclic) bond motifs is 5. The average molecular weight is 764 g/mol. The Balaban J connectivity index is 0.000000280. The summed E-state index contributed by atoms with van der Waals surface area (Å²) in [4.78, 5) is 13.5. The predicted molar refractivity (Wildman–Crippen MR) is 175 cm³/mol. The van der Waals surface area contributed by atoms with E-state index in [4.69, 9.17) is 14.9 Å². The zero-order valence-corrected chi connectivity index (χ0v) is 27.8. The van der Waals surface area contributed by atoms with Crippen molar-refractivity contribution in [2.45, 2.75) is 52.8 Å². The molecular formula is C37H33IrN3OS-2. The van der Waals surface area contributed by atoms with Crippen LogP contribution >= 0.6 is 11.3 Å². The van der Waals surface area contributed by atoms with E-state index in [-0.39, 0.29) is 31.1 Å². The van der Waals surface area contributed by atoms with Crippen LogP contribution in [0.25, 0.3) is 54.7 Å². The summed E-state index contributed by atoms with van der Waals surface area (Å²) in [5, 5.41) is 3.01. The number of pyridine rings is 2. The van der Waals surface area contributed by atoms with Crippen molar-refractivity contribution in [2.75, 3.05) is 0 Å². The fourth-order valence-corrected chi connectivity index (χ4v) is 5.98. The Hall–Kier alpha value is -3.70. The number of furan rings is 1. The molecule has 0 unspecified atom stereocenters. The number of nitrogens with zero attached hydrogens (tertiary/aromatic N) is 3. The van der Waals surface area contributed by atoms with Crippen molar-refractivity contribution in [3.63, 3.8) is 0 Å². The Bertz CT molecular complexity index is 2130. The van der Waals surface area contributed by atoms with Crippen molar-refractivity contribution >= 4 is 43.5 Å². The van der Waals surface area contributed by atoms with Crippen molar-refractivity contribution in [1.82, 2.24) is 15.0 Å². The number of rotatable bonds is 3. The molecule has 7 aromatic rings. The minimum absolute atomic E-state index is 0. The minimum atomic E-state index is -2.35. The van der Waals surface area contributed by atoms with Crippen LogP contribution < -0.4 is 0 Å². The second kappa shape index (κ2) is 12.5. The van der Waals surface area contributed by atoms with Crippen molar-refractivity contribution in [3.05, 3.63) is 113 Å². The molecule has 0 N–H and O–H groups in total. The van der Waals surface area contributed by atoms with Gasteiger partial charge in [0.15, 0.2) is 0 Å². The Labute approximate surface area is 276 Å². The molecule has 4 aromatic heterocycles. The first-order valence-corrected chi connectivity index (χ1v) is 14.6. The summed E-state index contributed by atoms with van der Waals surface area (Å²) in [7, 11) is 0. The van der Waals surface area contributed by atoms with E-state index in [1.54, 1.807) is 37.4 Å². The quantitative estimate of drug-likeness (QED) is 0.168. The van der Waals surface area contributed by atoms with Crippen LogP contribution in [-0.2, 0) is 25.5 Å². The molecule has 6 heteroatoms. The summed E-state index contributed by atoms with van der Waals surface area (Å²) in [5.74, 6) is -1.11. The first-order chi connectivity index (χ1) is 21.7. The number of hydrogen-bond acceptors (Lipinski definition) is 5. The van der Waals surface area contributed by atoms with Gasteiger partial charge in [0.25, 0.3) is 0 Å². The number of aryl methyl sites for hydroxylation is 1. The first kappa shape index (κ1) is 25.8. The van der Waals surface area contributed by atoms with E-state index in [9.17, 15) is 0 Å². The third kappa shape index (κ3) is 6.19. The Kier molecular flexibility index (Phi) is 7.49. The van der Waals surface area contributed by atoms with Gasteiger partial charge in [-0.2, -0.15) is 0 Å². The van der Waals surface area contributed by atoms with Gasteiger partial charge >= 0.3 is 0 Å². The molecule has 7 rings (SSSR count). The van der Waals surface area contributed by atoms with Gasteiger partial charge in [-0.05, 0) is 53.5 Å².